The van der Waals surface area contributed by atoms with Crippen molar-refractivity contribution in [2.45, 2.75) is 43.4 Å². The maximum atomic E-state index is 13.4. The highest BCUT2D eigenvalue weighted by molar-refractivity contribution is 7.80. The fourth-order valence-electron chi connectivity index (χ4n) is 3.83. The molecule has 0 aromatic heterocycles. The zero-order valence-corrected chi connectivity index (χ0v) is 23.9. The van der Waals surface area contributed by atoms with E-state index in [4.69, 9.17) is 11.5 Å². The standard InChI is InChI=1S/C25H35N9O8S/c26-25(27)28-8-4-7-14-22(39)34-20(13-5-2-1-3-6-13)23(40)33-16(12-43)21(38)30-11-19(37)32-15(24(41)42)9-17(35)29-10-18(36)31-14/h1-3,5-6,14-16,20,43H,4,7-12H2,(H,29,35)(H,30,38)(H,31,36)(H,32,37)(H,33,40)(H,34,39)(H,41,42)(H4,26,27,28)/t14-,15-,16-,20?/m0/s1. The maximum Gasteiger partial charge on any atom is 0.326 e. The summed E-state index contributed by atoms with van der Waals surface area (Å²) in [6.07, 6.45) is -0.453. The van der Waals surface area contributed by atoms with E-state index < -0.39 is 85.1 Å². The zero-order valence-electron chi connectivity index (χ0n) is 23.0. The lowest BCUT2D eigenvalue weighted by atomic mass is 10.0. The van der Waals surface area contributed by atoms with Crippen LogP contribution in [-0.2, 0) is 33.6 Å². The van der Waals surface area contributed by atoms with Crippen LogP contribution in [0.3, 0.4) is 0 Å². The Bertz CT molecular complexity index is 1230. The molecule has 1 aromatic carbocycles. The van der Waals surface area contributed by atoms with Crippen molar-refractivity contribution in [1.29, 1.82) is 0 Å². The third-order valence-corrected chi connectivity index (χ3v) is 6.35. The van der Waals surface area contributed by atoms with Gasteiger partial charge in [-0.3, -0.25) is 33.8 Å². The number of carboxylic acid groups (broad SMARTS) is 1. The molecule has 43 heavy (non-hydrogen) atoms. The molecule has 1 unspecified atom stereocenters. The molecule has 0 saturated carbocycles. The molecule has 1 fully saturated rings. The predicted molar refractivity (Wildman–Crippen MR) is 155 cm³/mol. The van der Waals surface area contributed by atoms with Crippen LogP contribution < -0.4 is 43.4 Å². The van der Waals surface area contributed by atoms with Crippen molar-refractivity contribution in [1.82, 2.24) is 31.9 Å². The molecule has 4 atom stereocenters. The van der Waals surface area contributed by atoms with E-state index in [1.165, 1.54) is 0 Å². The van der Waals surface area contributed by atoms with Gasteiger partial charge in [0.05, 0.1) is 19.5 Å². The highest BCUT2D eigenvalue weighted by atomic mass is 32.1. The minimum atomic E-state index is -1.67. The largest absolute Gasteiger partial charge is 0.480 e. The Hall–Kier alpha value is -4.87. The molecule has 0 bridgehead atoms. The number of benzene rings is 1. The van der Waals surface area contributed by atoms with E-state index in [9.17, 15) is 38.7 Å². The molecule has 1 aliphatic rings. The van der Waals surface area contributed by atoms with E-state index >= 15 is 0 Å². The number of rotatable bonds is 7. The Morgan fingerprint density at radius 3 is 2.12 bits per heavy atom. The Balaban J connectivity index is 2.40. The Morgan fingerprint density at radius 1 is 0.837 bits per heavy atom. The van der Waals surface area contributed by atoms with Crippen molar-refractivity contribution in [2.75, 3.05) is 25.4 Å². The molecule has 11 N–H and O–H groups in total. The molecule has 234 valence electrons. The Morgan fingerprint density at radius 2 is 1.49 bits per heavy atom. The zero-order chi connectivity index (χ0) is 31.9. The summed E-state index contributed by atoms with van der Waals surface area (Å²) in [7, 11) is 0. The number of carboxylic acids is 1. The van der Waals surface area contributed by atoms with Gasteiger partial charge in [-0.05, 0) is 18.4 Å². The van der Waals surface area contributed by atoms with Gasteiger partial charge < -0.3 is 48.5 Å². The number of thiol groups is 1. The summed E-state index contributed by atoms with van der Waals surface area (Å²) in [4.78, 5) is 92.2. The molecule has 2 rings (SSSR count). The lowest BCUT2D eigenvalue weighted by Crippen LogP contribution is -2.55. The normalized spacial score (nSPS) is 23.0. The first kappa shape index (κ1) is 34.3. The molecule has 1 aromatic rings. The first-order chi connectivity index (χ1) is 20.4. The number of guanidine groups is 1. The van der Waals surface area contributed by atoms with Crippen molar-refractivity contribution in [3.63, 3.8) is 0 Å². The van der Waals surface area contributed by atoms with Crippen LogP contribution in [0.4, 0.5) is 0 Å². The summed E-state index contributed by atoms with van der Waals surface area (Å²) >= 11 is 4.10. The van der Waals surface area contributed by atoms with E-state index in [-0.39, 0.29) is 31.1 Å². The first-order valence-electron chi connectivity index (χ1n) is 13.1. The van der Waals surface area contributed by atoms with Crippen molar-refractivity contribution < 1.29 is 38.7 Å². The number of hydrogen-bond donors (Lipinski definition) is 10. The van der Waals surface area contributed by atoms with Gasteiger partial charge in [0.2, 0.25) is 35.4 Å². The number of aliphatic carboxylic acids is 1. The fraction of sp³-hybridized carbons (Fsp3) is 0.440. The highest BCUT2D eigenvalue weighted by Crippen LogP contribution is 2.14. The lowest BCUT2D eigenvalue weighted by molar-refractivity contribution is -0.143. The second kappa shape index (κ2) is 17.2. The molecule has 1 heterocycles. The number of carbonyl (C=O) groups is 7. The lowest BCUT2D eigenvalue weighted by Gasteiger charge is -2.25. The van der Waals surface area contributed by atoms with Crippen molar-refractivity contribution in [3.05, 3.63) is 35.9 Å². The van der Waals surface area contributed by atoms with Crippen molar-refractivity contribution >= 4 is 60.0 Å². The number of nitrogens with two attached hydrogens (primary N) is 2. The van der Waals surface area contributed by atoms with Crippen LogP contribution in [0.1, 0.15) is 30.9 Å². The summed E-state index contributed by atoms with van der Waals surface area (Å²) in [5, 5.41) is 23.6. The number of nitrogens with zero attached hydrogens (tertiary/aromatic N) is 1. The van der Waals surface area contributed by atoms with E-state index in [2.05, 4.69) is 49.5 Å². The fourth-order valence-corrected chi connectivity index (χ4v) is 4.09. The van der Waals surface area contributed by atoms with Gasteiger partial charge >= 0.3 is 5.97 Å². The Kier molecular flexibility index (Phi) is 13.7. The third kappa shape index (κ3) is 11.9. The van der Waals surface area contributed by atoms with Crippen LogP contribution in [-0.4, -0.2) is 96.0 Å². The van der Waals surface area contributed by atoms with Crippen LogP contribution in [0.5, 0.6) is 0 Å². The molecule has 1 aliphatic heterocycles. The topological polar surface area (TPSA) is 276 Å². The van der Waals surface area contributed by atoms with Gasteiger partial charge in [0.25, 0.3) is 0 Å². The molecule has 0 radical (unpaired) electrons. The molecule has 18 heteroatoms. The van der Waals surface area contributed by atoms with E-state index in [0.717, 1.165) is 0 Å². The molecule has 0 aliphatic carbocycles. The average molecular weight is 622 g/mol. The van der Waals surface area contributed by atoms with Crippen LogP contribution in [0, 0.1) is 0 Å². The van der Waals surface area contributed by atoms with Crippen molar-refractivity contribution in [3.8, 4) is 0 Å². The average Bonchev–Trinajstić information content (AvgIpc) is 2.97. The first-order valence-corrected chi connectivity index (χ1v) is 13.7. The molecule has 17 nitrogen and oxygen atoms in total. The molecular weight excluding hydrogens is 586 g/mol. The second-order valence-corrected chi connectivity index (χ2v) is 9.69. The monoisotopic (exact) mass is 621 g/mol. The summed E-state index contributed by atoms with van der Waals surface area (Å²) < 4.78 is 0. The van der Waals surface area contributed by atoms with Gasteiger partial charge in [0.15, 0.2) is 5.96 Å². The molecule has 6 amide bonds. The highest BCUT2D eigenvalue weighted by Gasteiger charge is 2.31. The van der Waals surface area contributed by atoms with E-state index in [1.807, 2.05) is 0 Å². The van der Waals surface area contributed by atoms with E-state index in [1.54, 1.807) is 30.3 Å². The smallest absolute Gasteiger partial charge is 0.326 e. The van der Waals surface area contributed by atoms with Gasteiger partial charge in [-0.25, -0.2) is 4.79 Å². The number of hydrogen-bond acceptors (Lipinski definition) is 9. The van der Waals surface area contributed by atoms with Gasteiger partial charge in [-0.15, -0.1) is 0 Å². The van der Waals surface area contributed by atoms with Crippen LogP contribution in [0.15, 0.2) is 35.3 Å². The van der Waals surface area contributed by atoms with Crippen LogP contribution >= 0.6 is 12.6 Å². The van der Waals surface area contributed by atoms with Gasteiger partial charge in [-0.2, -0.15) is 12.6 Å². The van der Waals surface area contributed by atoms with Gasteiger partial charge in [0.1, 0.15) is 24.2 Å². The minimum Gasteiger partial charge on any atom is -0.480 e. The molecule has 0 spiro atoms. The summed E-state index contributed by atoms with van der Waals surface area (Å²) in [6.45, 7) is -1.17. The van der Waals surface area contributed by atoms with Gasteiger partial charge in [0, 0.05) is 12.3 Å². The summed E-state index contributed by atoms with van der Waals surface area (Å²) in [6, 6.07) is 2.63. The predicted octanol–water partition coefficient (Wildman–Crippen LogP) is -4.00. The quantitative estimate of drug-likeness (QED) is 0.0610. The SMILES string of the molecule is NC(N)=NCCC[C@@H]1NC(=O)CNC(=O)C[C@@H](C(=O)O)NC(=O)CNC(=O)[C@H](CS)NC(=O)C(c2ccccc2)NC1=O. The van der Waals surface area contributed by atoms with Crippen LogP contribution in [0.25, 0.3) is 0 Å². The second-order valence-electron chi connectivity index (χ2n) is 9.32. The number of amides is 6. The molecule has 1 saturated heterocycles. The van der Waals surface area contributed by atoms with Crippen molar-refractivity contribution in [2.24, 2.45) is 16.5 Å². The summed E-state index contributed by atoms with van der Waals surface area (Å²) in [5.74, 6) is -6.88. The minimum absolute atomic E-state index is 0.0280. The third-order valence-electron chi connectivity index (χ3n) is 5.99. The van der Waals surface area contributed by atoms with Gasteiger partial charge in [-0.1, -0.05) is 30.3 Å². The number of aliphatic imine (C=N–C) groups is 1. The molecular formula is C25H35N9O8S. The number of nitrogens with one attached hydrogen (secondary N) is 6. The van der Waals surface area contributed by atoms with Crippen LogP contribution in [0.2, 0.25) is 0 Å². The Labute approximate surface area is 251 Å². The van der Waals surface area contributed by atoms with E-state index in [0.29, 0.717) is 5.56 Å². The number of carbonyl (C=O) groups excluding carboxylic acids is 6. The maximum absolute atomic E-state index is 13.4. The summed E-state index contributed by atoms with van der Waals surface area (Å²) in [5.41, 5.74) is 11.0.